The van der Waals surface area contributed by atoms with Gasteiger partial charge in [-0.25, -0.2) is 0 Å². The van der Waals surface area contributed by atoms with Gasteiger partial charge < -0.3 is 15.7 Å². The number of carbonyl (C=O) groups is 2. The average Bonchev–Trinajstić information content (AvgIpc) is 3.33. The largest absolute Gasteiger partial charge is 0.392 e. The second-order valence-corrected chi connectivity index (χ2v) is 11.3. The molecule has 2 saturated carbocycles. The molecule has 3 N–H and O–H groups in total. The Bertz CT molecular complexity index is 948. The number of carbonyl (C=O) groups excluding carboxylic acids is 2. The van der Waals surface area contributed by atoms with E-state index in [1.54, 1.807) is 11.3 Å². The molecule has 2 aromatic rings. The lowest BCUT2D eigenvalue weighted by atomic mass is 9.51. The molecule has 0 aliphatic heterocycles. The minimum Gasteiger partial charge on any atom is -0.392 e. The number of hydrogen-bond acceptors (Lipinski definition) is 4. The van der Waals surface area contributed by atoms with Crippen molar-refractivity contribution >= 4 is 23.2 Å². The number of aliphatic hydroxyl groups is 1. The molecule has 2 aliphatic carbocycles. The van der Waals surface area contributed by atoms with Crippen LogP contribution in [0.1, 0.15) is 61.7 Å². The summed E-state index contributed by atoms with van der Waals surface area (Å²) in [4.78, 5) is 26.8. The van der Waals surface area contributed by atoms with Crippen molar-refractivity contribution in [3.8, 4) is 0 Å². The summed E-state index contributed by atoms with van der Waals surface area (Å²) in [5.41, 5.74) is 0.701. The van der Waals surface area contributed by atoms with E-state index in [1.807, 2.05) is 54.8 Å². The summed E-state index contributed by atoms with van der Waals surface area (Å²) in [6.45, 7) is 6.92. The van der Waals surface area contributed by atoms with Crippen molar-refractivity contribution in [3.63, 3.8) is 0 Å². The fraction of sp³-hybridized carbons (Fsp3) is 0.556. The highest BCUT2D eigenvalue weighted by atomic mass is 32.1. The zero-order chi connectivity index (χ0) is 23.6. The molecule has 1 aromatic heterocycles. The van der Waals surface area contributed by atoms with Crippen molar-refractivity contribution in [2.75, 3.05) is 0 Å². The Morgan fingerprint density at radius 1 is 1.15 bits per heavy atom. The van der Waals surface area contributed by atoms with Gasteiger partial charge in [0.1, 0.15) is 0 Å². The van der Waals surface area contributed by atoms with Crippen molar-refractivity contribution in [2.45, 2.75) is 65.1 Å². The lowest BCUT2D eigenvalue weighted by Crippen LogP contribution is -2.58. The highest BCUT2D eigenvalue weighted by molar-refractivity contribution is 7.09. The number of fused-ring (bicyclic) bond motifs is 1. The molecule has 4 rings (SSSR count). The number of thiophene rings is 1. The molecule has 2 fully saturated rings. The third-order valence-electron chi connectivity index (χ3n) is 8.31. The predicted molar refractivity (Wildman–Crippen MR) is 132 cm³/mol. The number of benzene rings is 1. The summed E-state index contributed by atoms with van der Waals surface area (Å²) in [7, 11) is 0. The summed E-state index contributed by atoms with van der Waals surface area (Å²) in [5, 5.41) is 19.8. The molecule has 7 atom stereocenters. The van der Waals surface area contributed by atoms with Crippen LogP contribution in [0.25, 0.3) is 0 Å². The highest BCUT2D eigenvalue weighted by Gasteiger charge is 2.53. The van der Waals surface area contributed by atoms with Crippen molar-refractivity contribution in [1.82, 2.24) is 10.6 Å². The molecular formula is C27H36N2O3S. The van der Waals surface area contributed by atoms with Gasteiger partial charge in [-0.15, -0.1) is 11.3 Å². The van der Waals surface area contributed by atoms with E-state index in [9.17, 15) is 14.7 Å². The van der Waals surface area contributed by atoms with Crippen LogP contribution in [0.15, 0.2) is 47.8 Å². The molecule has 5 nitrogen and oxygen atoms in total. The molecule has 1 heterocycles. The third-order valence-corrected chi connectivity index (χ3v) is 9.19. The molecule has 6 heteroatoms. The molecule has 178 valence electrons. The van der Waals surface area contributed by atoms with Crippen LogP contribution in [0, 0.1) is 29.1 Å². The van der Waals surface area contributed by atoms with Crippen LogP contribution < -0.4 is 10.6 Å². The number of amides is 2. The first-order valence-corrected chi connectivity index (χ1v) is 13.0. The number of nitrogens with one attached hydrogen (secondary N) is 2. The monoisotopic (exact) mass is 468 g/mol. The van der Waals surface area contributed by atoms with Crippen LogP contribution in [-0.2, 0) is 11.3 Å². The molecule has 0 saturated heterocycles. The number of aliphatic hydroxyl groups excluding tert-OH is 1. The van der Waals surface area contributed by atoms with Gasteiger partial charge in [-0.2, -0.15) is 0 Å². The number of hydrogen-bond donors (Lipinski definition) is 3. The van der Waals surface area contributed by atoms with Gasteiger partial charge in [0.05, 0.1) is 12.6 Å². The summed E-state index contributed by atoms with van der Waals surface area (Å²) >= 11 is 1.63. The van der Waals surface area contributed by atoms with Crippen LogP contribution in [0.4, 0.5) is 0 Å². The van der Waals surface area contributed by atoms with Crippen LogP contribution >= 0.6 is 11.3 Å². The SMILES string of the molecule is C[C@@H]1[C@@H]2[C@@H](O)[C@H]([C@H](C)C(=O)NCc3cccs3)CC[C@]2(C)CC[C@@H]1NC(=O)c1ccccc1. The Labute approximate surface area is 201 Å². The predicted octanol–water partition coefficient (Wildman–Crippen LogP) is 4.62. The van der Waals surface area contributed by atoms with Gasteiger partial charge in [0.25, 0.3) is 5.91 Å². The van der Waals surface area contributed by atoms with Gasteiger partial charge in [0, 0.05) is 22.4 Å². The van der Waals surface area contributed by atoms with Crippen LogP contribution in [-0.4, -0.2) is 29.1 Å². The highest BCUT2D eigenvalue weighted by Crippen LogP contribution is 2.55. The topological polar surface area (TPSA) is 78.4 Å². The zero-order valence-electron chi connectivity index (χ0n) is 19.8. The second kappa shape index (κ2) is 9.98. The van der Waals surface area contributed by atoms with Gasteiger partial charge in [-0.3, -0.25) is 9.59 Å². The molecule has 0 radical (unpaired) electrons. The van der Waals surface area contributed by atoms with Gasteiger partial charge in [0.15, 0.2) is 0 Å². The first-order valence-electron chi connectivity index (χ1n) is 12.1. The van der Waals surface area contributed by atoms with E-state index >= 15 is 0 Å². The molecule has 2 aliphatic rings. The van der Waals surface area contributed by atoms with Gasteiger partial charge in [0.2, 0.25) is 5.91 Å². The van der Waals surface area contributed by atoms with Crippen molar-refractivity contribution < 1.29 is 14.7 Å². The summed E-state index contributed by atoms with van der Waals surface area (Å²) in [6.07, 6.45) is 3.20. The fourth-order valence-electron chi connectivity index (χ4n) is 6.28. The molecule has 1 aromatic carbocycles. The minimum atomic E-state index is -0.558. The van der Waals surface area contributed by atoms with Gasteiger partial charge in [-0.1, -0.05) is 45.0 Å². The normalized spacial score (nSPS) is 32.4. The average molecular weight is 469 g/mol. The third kappa shape index (κ3) is 5.02. The zero-order valence-corrected chi connectivity index (χ0v) is 20.6. The standard InChI is InChI=1S/C27H36N2O3S/c1-17(25(31)28-16-20-10-7-15-33-20)21-11-13-27(3)14-12-22(18(2)23(27)24(21)30)29-26(32)19-8-5-4-6-9-19/h4-10,15,17-18,21-24,30H,11-14,16H2,1-3H3,(H,28,31)(H,29,32)/t17-,18-,21-,22-,23+,24-,27+/m0/s1. The first kappa shape index (κ1) is 24.0. The maximum atomic E-state index is 12.9. The van der Waals surface area contributed by atoms with E-state index < -0.39 is 6.10 Å². The summed E-state index contributed by atoms with van der Waals surface area (Å²) < 4.78 is 0. The minimum absolute atomic E-state index is 0.00782. The summed E-state index contributed by atoms with van der Waals surface area (Å²) in [6, 6.07) is 13.3. The second-order valence-electron chi connectivity index (χ2n) is 10.3. The Balaban J connectivity index is 1.43. The Hall–Kier alpha value is -2.18. The van der Waals surface area contributed by atoms with E-state index in [2.05, 4.69) is 24.5 Å². The summed E-state index contributed by atoms with van der Waals surface area (Å²) in [5.74, 6) is -0.185. The Morgan fingerprint density at radius 3 is 2.58 bits per heavy atom. The maximum Gasteiger partial charge on any atom is 0.251 e. The van der Waals surface area contributed by atoms with Gasteiger partial charge in [-0.05, 0) is 72.4 Å². The lowest BCUT2D eigenvalue weighted by Gasteiger charge is -2.56. The maximum absolute atomic E-state index is 12.9. The smallest absolute Gasteiger partial charge is 0.251 e. The van der Waals surface area contributed by atoms with Crippen LogP contribution in [0.2, 0.25) is 0 Å². The first-order chi connectivity index (χ1) is 15.8. The van der Waals surface area contributed by atoms with Crippen molar-refractivity contribution in [2.24, 2.45) is 29.1 Å². The Morgan fingerprint density at radius 2 is 1.88 bits per heavy atom. The van der Waals surface area contributed by atoms with E-state index in [4.69, 9.17) is 0 Å². The van der Waals surface area contributed by atoms with E-state index in [1.165, 1.54) is 0 Å². The molecule has 0 spiro atoms. The number of rotatable bonds is 6. The molecule has 2 amide bonds. The molecule has 0 bridgehead atoms. The molecule has 0 unspecified atom stereocenters. The fourth-order valence-corrected chi connectivity index (χ4v) is 6.93. The van der Waals surface area contributed by atoms with Crippen molar-refractivity contribution in [3.05, 3.63) is 58.3 Å². The van der Waals surface area contributed by atoms with Crippen LogP contribution in [0.5, 0.6) is 0 Å². The molecular weight excluding hydrogens is 432 g/mol. The van der Waals surface area contributed by atoms with Crippen molar-refractivity contribution in [1.29, 1.82) is 0 Å². The lowest BCUT2D eigenvalue weighted by molar-refractivity contribution is -0.142. The molecule has 33 heavy (non-hydrogen) atoms. The Kier molecular flexibility index (Phi) is 7.25. The quantitative estimate of drug-likeness (QED) is 0.579. The van der Waals surface area contributed by atoms with Crippen LogP contribution in [0.3, 0.4) is 0 Å². The van der Waals surface area contributed by atoms with E-state index in [0.717, 1.165) is 30.6 Å². The van der Waals surface area contributed by atoms with E-state index in [0.29, 0.717) is 12.1 Å². The van der Waals surface area contributed by atoms with Gasteiger partial charge >= 0.3 is 0 Å². The van der Waals surface area contributed by atoms with E-state index in [-0.39, 0.29) is 46.9 Å².